The van der Waals surface area contributed by atoms with E-state index in [9.17, 15) is 13.2 Å². The first-order valence-electron chi connectivity index (χ1n) is 10.2. The van der Waals surface area contributed by atoms with E-state index in [1.54, 1.807) is 4.68 Å². The van der Waals surface area contributed by atoms with Crippen molar-refractivity contribution in [3.63, 3.8) is 0 Å². The van der Waals surface area contributed by atoms with Gasteiger partial charge in [-0.2, -0.15) is 5.10 Å². The fourth-order valence-corrected chi connectivity index (χ4v) is 5.82. The second-order valence-corrected chi connectivity index (χ2v) is 9.97. The van der Waals surface area contributed by atoms with Crippen LogP contribution in [-0.4, -0.2) is 30.8 Å². The van der Waals surface area contributed by atoms with Crippen molar-refractivity contribution in [1.82, 2.24) is 14.5 Å². The van der Waals surface area contributed by atoms with E-state index in [0.29, 0.717) is 24.8 Å². The highest BCUT2D eigenvalue weighted by molar-refractivity contribution is 7.90. The molecule has 9 heteroatoms. The average molecular weight is 416 g/mol. The zero-order valence-corrected chi connectivity index (χ0v) is 17.2. The number of amides is 2. The van der Waals surface area contributed by atoms with Crippen LogP contribution in [0.2, 0.25) is 0 Å². The Kier molecular flexibility index (Phi) is 4.31. The van der Waals surface area contributed by atoms with Crippen molar-refractivity contribution in [3.8, 4) is 0 Å². The molecule has 0 saturated heterocycles. The van der Waals surface area contributed by atoms with Crippen LogP contribution in [0.5, 0.6) is 0 Å². The summed E-state index contributed by atoms with van der Waals surface area (Å²) in [7, 11) is -4.03. The third-order valence-corrected chi connectivity index (χ3v) is 7.47. The Hall–Kier alpha value is -2.55. The first-order chi connectivity index (χ1) is 13.9. The van der Waals surface area contributed by atoms with Crippen LogP contribution in [0, 0.1) is 5.92 Å². The number of aryl methyl sites for hydroxylation is 2. The third kappa shape index (κ3) is 3.17. The Labute approximate surface area is 170 Å². The molecule has 2 aliphatic carbocycles. The molecule has 0 spiro atoms. The van der Waals surface area contributed by atoms with E-state index in [0.717, 1.165) is 55.3 Å². The number of hydrogen-bond donors (Lipinski definition) is 3. The van der Waals surface area contributed by atoms with Crippen molar-refractivity contribution in [2.24, 2.45) is 5.92 Å². The number of sulfonamides is 1. The van der Waals surface area contributed by atoms with Crippen molar-refractivity contribution in [2.45, 2.75) is 56.9 Å². The molecule has 8 nitrogen and oxygen atoms in total. The van der Waals surface area contributed by atoms with Gasteiger partial charge in [0, 0.05) is 18.8 Å². The number of nitrogens with zero attached hydrogens (tertiary/aromatic N) is 2. The zero-order chi connectivity index (χ0) is 20.2. The van der Waals surface area contributed by atoms with Crippen LogP contribution in [-0.2, 0) is 42.3 Å². The highest BCUT2D eigenvalue weighted by Gasteiger charge is 2.30. The Bertz CT molecular complexity index is 1070. The number of rotatable bonds is 3. The minimum atomic E-state index is -4.03. The van der Waals surface area contributed by atoms with Crippen LogP contribution in [0.3, 0.4) is 0 Å². The number of hydrogen-bond acceptors (Lipinski definition) is 5. The van der Waals surface area contributed by atoms with Gasteiger partial charge in [-0.25, -0.2) is 22.6 Å². The smallest absolute Gasteiger partial charge is 0.333 e. The molecule has 0 radical (unpaired) electrons. The second kappa shape index (κ2) is 6.76. The first-order valence-corrected chi connectivity index (χ1v) is 11.7. The lowest BCUT2D eigenvalue weighted by Crippen LogP contribution is -2.35. The quantitative estimate of drug-likeness (QED) is 0.714. The van der Waals surface area contributed by atoms with Crippen LogP contribution < -0.4 is 15.4 Å². The maximum Gasteiger partial charge on any atom is 0.333 e. The first kappa shape index (κ1) is 18.5. The van der Waals surface area contributed by atoms with Crippen LogP contribution in [0.25, 0.3) is 0 Å². The van der Waals surface area contributed by atoms with E-state index in [1.807, 2.05) is 0 Å². The summed E-state index contributed by atoms with van der Waals surface area (Å²) in [6, 6.07) is 1.56. The molecule has 0 bridgehead atoms. The molecular formula is C20H25N5O3S. The van der Waals surface area contributed by atoms with Gasteiger partial charge in [-0.1, -0.05) is 13.0 Å². The van der Waals surface area contributed by atoms with E-state index in [-0.39, 0.29) is 4.90 Å². The molecule has 1 aromatic carbocycles. The van der Waals surface area contributed by atoms with Gasteiger partial charge in [-0.05, 0) is 66.7 Å². The van der Waals surface area contributed by atoms with Crippen molar-refractivity contribution in [1.29, 1.82) is 0 Å². The van der Waals surface area contributed by atoms with Gasteiger partial charge in [0.05, 0.1) is 6.20 Å². The lowest BCUT2D eigenvalue weighted by molar-refractivity contribution is 0.256. The molecule has 2 aromatic rings. The highest BCUT2D eigenvalue weighted by Crippen LogP contribution is 2.38. The van der Waals surface area contributed by atoms with Gasteiger partial charge in [0.25, 0.3) is 10.0 Å². The lowest BCUT2D eigenvalue weighted by atomic mass is 9.99. The molecular weight excluding hydrogens is 390 g/mol. The van der Waals surface area contributed by atoms with E-state index in [2.05, 4.69) is 33.4 Å². The molecule has 3 aliphatic rings. The van der Waals surface area contributed by atoms with Gasteiger partial charge >= 0.3 is 6.03 Å². The van der Waals surface area contributed by atoms with Crippen LogP contribution in [0.4, 0.5) is 16.3 Å². The topological polar surface area (TPSA) is 105 Å². The van der Waals surface area contributed by atoms with Gasteiger partial charge in [-0.15, -0.1) is 0 Å². The highest BCUT2D eigenvalue weighted by atomic mass is 32.2. The fourth-order valence-electron chi connectivity index (χ4n) is 4.80. The minimum absolute atomic E-state index is 0.00284. The summed E-state index contributed by atoms with van der Waals surface area (Å²) in [6.45, 7) is 3.38. The number of fused-ring (bicyclic) bond motifs is 3. The number of carbonyl (C=O) groups is 1. The van der Waals surface area contributed by atoms with Gasteiger partial charge in [0.15, 0.2) is 0 Å². The van der Waals surface area contributed by atoms with E-state index in [4.69, 9.17) is 0 Å². The molecule has 1 atom stereocenters. The Morgan fingerprint density at radius 2 is 1.86 bits per heavy atom. The number of carbonyl (C=O) groups excluding carboxylic acids is 1. The van der Waals surface area contributed by atoms with Crippen LogP contribution in [0.15, 0.2) is 17.2 Å². The number of benzene rings is 1. The largest absolute Gasteiger partial charge is 0.369 e. The molecule has 0 fully saturated rings. The number of urea groups is 1. The Balaban J connectivity index is 1.40. The Morgan fingerprint density at radius 3 is 2.55 bits per heavy atom. The van der Waals surface area contributed by atoms with Crippen molar-refractivity contribution in [3.05, 3.63) is 34.5 Å². The minimum Gasteiger partial charge on any atom is -0.369 e. The predicted octanol–water partition coefficient (Wildman–Crippen LogP) is 2.43. The molecule has 1 aromatic heterocycles. The monoisotopic (exact) mass is 415 g/mol. The molecule has 2 heterocycles. The summed E-state index contributed by atoms with van der Waals surface area (Å²) in [4.78, 5) is 12.7. The summed E-state index contributed by atoms with van der Waals surface area (Å²) in [6.07, 6.45) is 7.31. The number of anilines is 2. The second-order valence-electron chi connectivity index (χ2n) is 8.32. The summed E-state index contributed by atoms with van der Waals surface area (Å²) in [5, 5.41) is 10.1. The number of nitrogens with one attached hydrogen (secondary N) is 3. The SMILES string of the molecule is CC1CNc2c(S(=O)(=O)NC(=O)Nc3c4c(cc5c3CCC5)CCC4)cnn2C1. The molecule has 29 heavy (non-hydrogen) atoms. The van der Waals surface area contributed by atoms with Crippen molar-refractivity contribution >= 4 is 27.6 Å². The van der Waals surface area contributed by atoms with Gasteiger partial charge in [-0.3, -0.25) is 0 Å². The van der Waals surface area contributed by atoms with Gasteiger partial charge in [0.2, 0.25) is 0 Å². The van der Waals surface area contributed by atoms with Crippen molar-refractivity contribution < 1.29 is 13.2 Å². The summed E-state index contributed by atoms with van der Waals surface area (Å²) in [5.41, 5.74) is 5.72. The molecule has 5 rings (SSSR count). The van der Waals surface area contributed by atoms with Crippen molar-refractivity contribution in [2.75, 3.05) is 17.2 Å². The number of aromatic nitrogens is 2. The molecule has 3 N–H and O–H groups in total. The predicted molar refractivity (Wildman–Crippen MR) is 110 cm³/mol. The van der Waals surface area contributed by atoms with E-state index < -0.39 is 16.1 Å². The molecule has 0 saturated carbocycles. The summed E-state index contributed by atoms with van der Waals surface area (Å²) in [5.74, 6) is 0.793. The van der Waals surface area contributed by atoms with E-state index >= 15 is 0 Å². The standard InChI is InChI=1S/C20H25N5O3S/c1-12-9-21-19-17(10-22-25(19)11-12)29(27,28)24-20(26)23-18-15-6-2-4-13(15)8-14-5-3-7-16(14)18/h8,10,12,21H,2-7,9,11H2,1H3,(H2,23,24,26). The third-order valence-electron chi connectivity index (χ3n) is 6.14. The normalized spacial score (nSPS) is 19.8. The van der Waals surface area contributed by atoms with E-state index in [1.165, 1.54) is 17.3 Å². The van der Waals surface area contributed by atoms with Crippen LogP contribution in [0.1, 0.15) is 42.0 Å². The zero-order valence-electron chi connectivity index (χ0n) is 16.4. The Morgan fingerprint density at radius 1 is 1.17 bits per heavy atom. The fraction of sp³-hybridized carbons (Fsp3) is 0.500. The van der Waals surface area contributed by atoms with Crippen LogP contribution >= 0.6 is 0 Å². The molecule has 154 valence electrons. The maximum atomic E-state index is 12.8. The lowest BCUT2D eigenvalue weighted by Gasteiger charge is -2.22. The summed E-state index contributed by atoms with van der Waals surface area (Å²) >= 11 is 0. The average Bonchev–Trinajstić information content (AvgIpc) is 3.39. The maximum absolute atomic E-state index is 12.8. The molecule has 2 amide bonds. The van der Waals surface area contributed by atoms with Gasteiger partial charge < -0.3 is 10.6 Å². The summed E-state index contributed by atoms with van der Waals surface area (Å²) < 4.78 is 29.5. The van der Waals surface area contributed by atoms with Gasteiger partial charge in [0.1, 0.15) is 10.7 Å². The molecule has 1 aliphatic heterocycles. The molecule has 1 unspecified atom stereocenters.